The Balaban J connectivity index is 4.12. The van der Waals surface area contributed by atoms with Gasteiger partial charge in [-0.05, 0) is 64.2 Å². The minimum atomic E-state index is -0.789. The maximum absolute atomic E-state index is 12.9. The molecule has 6 heteroatoms. The van der Waals surface area contributed by atoms with Crippen LogP contribution in [0, 0.1) is 0 Å². The lowest BCUT2D eigenvalue weighted by molar-refractivity contribution is -0.167. The topological polar surface area (TPSA) is 78.9 Å². The van der Waals surface area contributed by atoms with E-state index in [1.165, 1.54) is 212 Å². The smallest absolute Gasteiger partial charge is 0.306 e. The van der Waals surface area contributed by atoms with Crippen molar-refractivity contribution < 1.29 is 28.6 Å². The Morgan fingerprint density at radius 3 is 0.803 bits per heavy atom. The molecule has 0 spiro atoms. The number of carbonyl (C=O) groups is 3. The molecule has 0 heterocycles. The molecule has 6 nitrogen and oxygen atoms in total. The van der Waals surface area contributed by atoms with Crippen LogP contribution in [0.1, 0.15) is 348 Å². The Kier molecular flexibility index (Phi) is 62.2. The summed E-state index contributed by atoms with van der Waals surface area (Å²) in [7, 11) is 0. The molecule has 0 aliphatic heterocycles. The summed E-state index contributed by atoms with van der Waals surface area (Å²) in [5.41, 5.74) is 0. The van der Waals surface area contributed by atoms with Gasteiger partial charge in [-0.1, -0.05) is 326 Å². The summed E-state index contributed by atoms with van der Waals surface area (Å²) in [6.07, 6.45) is 82.7. The fourth-order valence-electron chi connectivity index (χ4n) is 9.83. The van der Waals surface area contributed by atoms with Crippen LogP contribution >= 0.6 is 0 Å². The zero-order valence-electron chi connectivity index (χ0n) is 50.8. The number of esters is 3. The van der Waals surface area contributed by atoms with Gasteiger partial charge in [0.2, 0.25) is 0 Å². The van der Waals surface area contributed by atoms with Crippen LogP contribution in [0.3, 0.4) is 0 Å². The summed E-state index contributed by atoms with van der Waals surface area (Å²) in [5.74, 6) is -0.902. The van der Waals surface area contributed by atoms with Gasteiger partial charge in [0.1, 0.15) is 13.2 Å². The predicted molar refractivity (Wildman–Crippen MR) is 330 cm³/mol. The van der Waals surface area contributed by atoms with Gasteiger partial charge in [-0.2, -0.15) is 0 Å². The molecule has 0 N–H and O–H groups in total. The second-order valence-corrected chi connectivity index (χ2v) is 22.4. The number of hydrogen-bond donors (Lipinski definition) is 0. The molecule has 1 unspecified atom stereocenters. The van der Waals surface area contributed by atoms with Gasteiger partial charge in [0.15, 0.2) is 6.10 Å². The van der Waals surface area contributed by atoms with Crippen LogP contribution in [0.25, 0.3) is 0 Å². The molecule has 0 amide bonds. The molecule has 0 aliphatic rings. The second-order valence-electron chi connectivity index (χ2n) is 22.4. The first-order valence-corrected chi connectivity index (χ1v) is 33.3. The Hall–Kier alpha value is -2.89. The molecule has 0 rings (SSSR count). The summed E-state index contributed by atoms with van der Waals surface area (Å²) in [6, 6.07) is 0. The van der Waals surface area contributed by atoms with E-state index in [2.05, 4.69) is 81.5 Å². The SMILES string of the molecule is CC/C=C\C/C=C\C/C=C\C/C=C\C/C=C\CCCCCC(=O)OC(COC(=O)CCCCCCCCCCC)COC(=O)CCCCCCCCCCCCCCCCCCCCCCCCCCCCCCCC. The number of ether oxygens (including phenoxy) is 3. The Bertz CT molecular complexity index is 1360. The Morgan fingerprint density at radius 2 is 0.513 bits per heavy atom. The van der Waals surface area contributed by atoms with Crippen molar-refractivity contribution in [1.82, 2.24) is 0 Å². The number of allylic oxidation sites excluding steroid dienone is 10. The van der Waals surface area contributed by atoms with E-state index in [4.69, 9.17) is 14.2 Å². The van der Waals surface area contributed by atoms with Gasteiger partial charge in [-0.3, -0.25) is 14.4 Å². The van der Waals surface area contributed by atoms with Crippen molar-refractivity contribution in [3.05, 3.63) is 60.8 Å². The lowest BCUT2D eigenvalue weighted by atomic mass is 10.0. The van der Waals surface area contributed by atoms with E-state index >= 15 is 0 Å². The third-order valence-electron chi connectivity index (χ3n) is 14.8. The molecule has 0 bridgehead atoms. The van der Waals surface area contributed by atoms with Crippen molar-refractivity contribution in [2.24, 2.45) is 0 Å². The quantitative estimate of drug-likeness (QED) is 0.0261. The summed E-state index contributed by atoms with van der Waals surface area (Å²) in [6.45, 7) is 6.53. The van der Waals surface area contributed by atoms with Crippen molar-refractivity contribution in [2.75, 3.05) is 13.2 Å². The first kappa shape index (κ1) is 73.1. The van der Waals surface area contributed by atoms with E-state index in [9.17, 15) is 14.4 Å². The van der Waals surface area contributed by atoms with E-state index in [1.54, 1.807) is 0 Å². The van der Waals surface area contributed by atoms with Crippen molar-refractivity contribution in [1.29, 1.82) is 0 Å². The van der Waals surface area contributed by atoms with Crippen molar-refractivity contribution in [3.63, 3.8) is 0 Å². The van der Waals surface area contributed by atoms with Crippen LogP contribution in [0.4, 0.5) is 0 Å². The van der Waals surface area contributed by atoms with Gasteiger partial charge < -0.3 is 14.2 Å². The first-order valence-electron chi connectivity index (χ1n) is 33.3. The molecule has 76 heavy (non-hydrogen) atoms. The van der Waals surface area contributed by atoms with Crippen molar-refractivity contribution >= 4 is 17.9 Å². The predicted octanol–water partition coefficient (Wildman–Crippen LogP) is 22.7. The van der Waals surface area contributed by atoms with Gasteiger partial charge in [0.25, 0.3) is 0 Å². The fraction of sp³-hybridized carbons (Fsp3) is 0.814. The fourth-order valence-corrected chi connectivity index (χ4v) is 9.83. The summed E-state index contributed by atoms with van der Waals surface area (Å²) in [5, 5.41) is 0. The van der Waals surface area contributed by atoms with Crippen LogP contribution < -0.4 is 0 Å². The third-order valence-corrected chi connectivity index (χ3v) is 14.8. The van der Waals surface area contributed by atoms with Crippen LogP contribution in [0.2, 0.25) is 0 Å². The van der Waals surface area contributed by atoms with Crippen LogP contribution in [0.15, 0.2) is 60.8 Å². The van der Waals surface area contributed by atoms with Crippen LogP contribution in [-0.4, -0.2) is 37.2 Å². The van der Waals surface area contributed by atoms with E-state index in [-0.39, 0.29) is 31.1 Å². The number of carbonyl (C=O) groups excluding carboxylic acids is 3. The molecule has 0 radical (unpaired) electrons. The molecular formula is C70H126O6. The maximum atomic E-state index is 12.9. The van der Waals surface area contributed by atoms with Gasteiger partial charge >= 0.3 is 17.9 Å². The highest BCUT2D eigenvalue weighted by Crippen LogP contribution is 2.18. The third kappa shape index (κ3) is 62.0. The molecule has 0 saturated carbocycles. The van der Waals surface area contributed by atoms with Crippen molar-refractivity contribution in [2.45, 2.75) is 354 Å². The van der Waals surface area contributed by atoms with Gasteiger partial charge in [-0.25, -0.2) is 0 Å². The molecular weight excluding hydrogens is 937 g/mol. The van der Waals surface area contributed by atoms with Gasteiger partial charge in [-0.15, -0.1) is 0 Å². The minimum Gasteiger partial charge on any atom is -0.462 e. The number of hydrogen-bond acceptors (Lipinski definition) is 6. The minimum absolute atomic E-state index is 0.0838. The standard InChI is InChI=1S/C70H126O6/c1-4-7-10-13-16-19-21-23-25-27-29-30-31-32-33-34-35-36-37-38-39-41-42-44-46-48-51-54-57-60-63-69(72)75-66-67(65-74-68(71)62-59-56-53-50-18-15-12-9-6-3)76-70(73)64-61-58-55-52-49-47-45-43-40-28-26-24-22-20-17-14-11-8-5-2/h8,11,17,20,24,26,40,43,47,49,67H,4-7,9-10,12-16,18-19,21-23,25,27-39,41-42,44-46,48,50-66H2,1-3H3/b11-8-,20-17-,26-24-,43-40-,49-47-. The first-order chi connectivity index (χ1) is 37.5. The van der Waals surface area contributed by atoms with E-state index < -0.39 is 6.10 Å². The normalized spacial score (nSPS) is 12.4. The summed E-state index contributed by atoms with van der Waals surface area (Å²) < 4.78 is 16.9. The molecule has 0 aromatic rings. The van der Waals surface area contributed by atoms with E-state index in [0.717, 1.165) is 96.3 Å². The van der Waals surface area contributed by atoms with Gasteiger partial charge in [0.05, 0.1) is 0 Å². The van der Waals surface area contributed by atoms with Crippen LogP contribution in [0.5, 0.6) is 0 Å². The average molecular weight is 1060 g/mol. The lowest BCUT2D eigenvalue weighted by Gasteiger charge is -2.18. The van der Waals surface area contributed by atoms with Crippen molar-refractivity contribution in [3.8, 4) is 0 Å². The van der Waals surface area contributed by atoms with E-state index in [0.29, 0.717) is 19.3 Å². The second kappa shape index (κ2) is 64.6. The Labute approximate surface area is 472 Å². The molecule has 442 valence electrons. The monoisotopic (exact) mass is 1060 g/mol. The summed E-state index contributed by atoms with van der Waals surface area (Å²) in [4.78, 5) is 38.2. The largest absolute Gasteiger partial charge is 0.462 e. The average Bonchev–Trinajstić information content (AvgIpc) is 3.42. The molecule has 0 saturated heterocycles. The highest BCUT2D eigenvalue weighted by atomic mass is 16.6. The van der Waals surface area contributed by atoms with E-state index in [1.807, 2.05) is 0 Å². The zero-order chi connectivity index (χ0) is 55.0. The highest BCUT2D eigenvalue weighted by molar-refractivity contribution is 5.71. The Morgan fingerprint density at radius 1 is 0.276 bits per heavy atom. The van der Waals surface area contributed by atoms with Crippen LogP contribution in [-0.2, 0) is 28.6 Å². The lowest BCUT2D eigenvalue weighted by Crippen LogP contribution is -2.30. The maximum Gasteiger partial charge on any atom is 0.306 e. The molecule has 0 fully saturated rings. The van der Waals surface area contributed by atoms with Gasteiger partial charge in [0, 0.05) is 19.3 Å². The molecule has 0 aromatic carbocycles. The number of rotatable bonds is 61. The highest BCUT2D eigenvalue weighted by Gasteiger charge is 2.19. The number of unbranched alkanes of at least 4 members (excludes halogenated alkanes) is 40. The molecule has 1 atom stereocenters. The zero-order valence-corrected chi connectivity index (χ0v) is 50.8. The molecule has 0 aliphatic carbocycles. The summed E-state index contributed by atoms with van der Waals surface area (Å²) >= 11 is 0. The molecule has 0 aromatic heterocycles.